The first-order valence-electron chi connectivity index (χ1n) is 9.67. The zero-order chi connectivity index (χ0) is 18.6. The van der Waals surface area contributed by atoms with Crippen molar-refractivity contribution in [2.24, 2.45) is 0 Å². The summed E-state index contributed by atoms with van der Waals surface area (Å²) in [4.78, 5) is 19.6. The number of rotatable bonds is 4. The molecule has 3 heterocycles. The molecule has 0 spiro atoms. The summed E-state index contributed by atoms with van der Waals surface area (Å²) < 4.78 is 0. The molecule has 0 radical (unpaired) electrons. The van der Waals surface area contributed by atoms with Crippen molar-refractivity contribution in [2.75, 3.05) is 19.6 Å². The number of nitrogens with zero attached hydrogens (tertiary/aromatic N) is 2. The van der Waals surface area contributed by atoms with Crippen molar-refractivity contribution >= 4 is 17.5 Å². The summed E-state index contributed by atoms with van der Waals surface area (Å²) in [5.41, 5.74) is 9.31. The van der Waals surface area contributed by atoms with Crippen LogP contribution in [0.15, 0.2) is 42.5 Å². The van der Waals surface area contributed by atoms with Gasteiger partial charge in [-0.1, -0.05) is 35.9 Å². The van der Waals surface area contributed by atoms with Crippen LogP contribution in [-0.4, -0.2) is 41.5 Å². The normalized spacial score (nSPS) is 22.8. The van der Waals surface area contributed by atoms with Crippen LogP contribution < -0.4 is 10.9 Å². The lowest BCUT2D eigenvalue weighted by Gasteiger charge is -2.34. The molecule has 5 nitrogen and oxygen atoms in total. The summed E-state index contributed by atoms with van der Waals surface area (Å²) in [5.74, 6) is 0.500. The van der Waals surface area contributed by atoms with E-state index in [1.165, 1.54) is 0 Å². The number of carbonyl (C=O) groups is 1. The summed E-state index contributed by atoms with van der Waals surface area (Å²) in [5, 5.41) is 0.775. The topological polar surface area (TPSA) is 57.3 Å². The molecule has 0 bridgehead atoms. The molecule has 4 rings (SSSR count). The highest BCUT2D eigenvalue weighted by Crippen LogP contribution is 2.27. The highest BCUT2D eigenvalue weighted by atomic mass is 35.5. The Bertz CT molecular complexity index is 806. The molecule has 2 aliphatic rings. The molecule has 1 aromatic carbocycles. The molecule has 0 saturated carbocycles. The number of benzene rings is 1. The minimum absolute atomic E-state index is 0.0942. The number of hydrogen-bond acceptors (Lipinski definition) is 4. The summed E-state index contributed by atoms with van der Waals surface area (Å²) in [6.07, 6.45) is 3.67. The molecular formula is C21H25ClN4O. The Hall–Kier alpha value is -1.95. The molecule has 2 unspecified atom stereocenters. The Balaban J connectivity index is 1.46. The Morgan fingerprint density at radius 3 is 2.89 bits per heavy atom. The first-order valence-corrected chi connectivity index (χ1v) is 10.0. The highest BCUT2D eigenvalue weighted by molar-refractivity contribution is 6.31. The molecule has 27 heavy (non-hydrogen) atoms. The van der Waals surface area contributed by atoms with Crippen molar-refractivity contribution in [3.8, 4) is 0 Å². The number of amides is 1. The van der Waals surface area contributed by atoms with Gasteiger partial charge in [0.25, 0.3) is 0 Å². The van der Waals surface area contributed by atoms with Crippen molar-refractivity contribution in [1.29, 1.82) is 0 Å². The number of aromatic nitrogens is 1. The van der Waals surface area contributed by atoms with Crippen LogP contribution >= 0.6 is 11.6 Å². The summed E-state index contributed by atoms with van der Waals surface area (Å²) in [6, 6.07) is 14.0. The van der Waals surface area contributed by atoms with Gasteiger partial charge in [0.05, 0.1) is 0 Å². The zero-order valence-corrected chi connectivity index (χ0v) is 16.1. The van der Waals surface area contributed by atoms with Crippen LogP contribution in [0.2, 0.25) is 5.02 Å². The quantitative estimate of drug-likeness (QED) is 0.851. The molecule has 2 fully saturated rings. The minimum Gasteiger partial charge on any atom is -0.341 e. The van der Waals surface area contributed by atoms with E-state index in [1.54, 1.807) is 0 Å². The molecular weight excluding hydrogens is 360 g/mol. The van der Waals surface area contributed by atoms with Crippen LogP contribution in [0, 0.1) is 0 Å². The lowest BCUT2D eigenvalue weighted by molar-refractivity contribution is -0.134. The Kier molecular flexibility index (Phi) is 5.72. The average Bonchev–Trinajstić information content (AvgIpc) is 3.24. The van der Waals surface area contributed by atoms with Gasteiger partial charge >= 0.3 is 0 Å². The van der Waals surface area contributed by atoms with E-state index < -0.39 is 0 Å². The number of likely N-dealkylation sites (tertiary alicyclic amines) is 1. The molecule has 0 aliphatic carbocycles. The van der Waals surface area contributed by atoms with Crippen LogP contribution in [0.4, 0.5) is 0 Å². The second-order valence-corrected chi connectivity index (χ2v) is 7.76. The van der Waals surface area contributed by atoms with Crippen LogP contribution in [0.25, 0.3) is 0 Å². The van der Waals surface area contributed by atoms with Gasteiger partial charge in [-0.15, -0.1) is 0 Å². The summed E-state index contributed by atoms with van der Waals surface area (Å²) in [7, 11) is 0. The maximum atomic E-state index is 12.7. The van der Waals surface area contributed by atoms with E-state index in [0.717, 1.165) is 67.3 Å². The lowest BCUT2D eigenvalue weighted by Crippen LogP contribution is -2.48. The summed E-state index contributed by atoms with van der Waals surface area (Å²) in [6.45, 7) is 2.44. The Labute approximate surface area is 165 Å². The number of carbonyl (C=O) groups excluding carboxylic acids is 1. The first-order chi connectivity index (χ1) is 13.2. The number of pyridine rings is 1. The third kappa shape index (κ3) is 4.32. The third-order valence-corrected chi connectivity index (χ3v) is 5.81. The van der Waals surface area contributed by atoms with Crippen LogP contribution in [0.1, 0.15) is 42.1 Å². The van der Waals surface area contributed by atoms with Crippen molar-refractivity contribution in [2.45, 2.75) is 37.6 Å². The van der Waals surface area contributed by atoms with Crippen LogP contribution in [0.5, 0.6) is 0 Å². The van der Waals surface area contributed by atoms with Crippen molar-refractivity contribution in [1.82, 2.24) is 20.7 Å². The highest BCUT2D eigenvalue weighted by Gasteiger charge is 2.31. The smallest absolute Gasteiger partial charge is 0.241 e. The molecule has 2 aromatic rings. The molecule has 1 aromatic heterocycles. The molecule has 2 saturated heterocycles. The van der Waals surface area contributed by atoms with E-state index in [0.29, 0.717) is 5.92 Å². The largest absolute Gasteiger partial charge is 0.341 e. The monoisotopic (exact) mass is 384 g/mol. The molecule has 142 valence electrons. The van der Waals surface area contributed by atoms with E-state index in [2.05, 4.69) is 23.0 Å². The van der Waals surface area contributed by atoms with Gasteiger partial charge in [0, 0.05) is 48.4 Å². The van der Waals surface area contributed by atoms with Crippen molar-refractivity contribution in [3.05, 3.63) is 64.4 Å². The lowest BCUT2D eigenvalue weighted by atomic mass is 9.93. The average molecular weight is 385 g/mol. The first kappa shape index (κ1) is 18.4. The molecule has 2 aliphatic heterocycles. The number of halogens is 1. The fraction of sp³-hybridized carbons (Fsp3) is 0.429. The van der Waals surface area contributed by atoms with Gasteiger partial charge in [0.1, 0.15) is 6.04 Å². The van der Waals surface area contributed by atoms with E-state index in [4.69, 9.17) is 16.6 Å². The van der Waals surface area contributed by atoms with E-state index >= 15 is 0 Å². The van der Waals surface area contributed by atoms with Gasteiger partial charge in [0.15, 0.2) is 0 Å². The second-order valence-electron chi connectivity index (χ2n) is 7.36. The number of hydrogen-bond donors (Lipinski definition) is 2. The number of piperidine rings is 1. The predicted molar refractivity (Wildman–Crippen MR) is 107 cm³/mol. The SMILES string of the molecule is O=C(C1CCNN1)N1CCCC(c2cccc(Cc3ccccc3Cl)n2)C1. The Morgan fingerprint density at radius 2 is 2.07 bits per heavy atom. The third-order valence-electron chi connectivity index (χ3n) is 5.44. The van der Waals surface area contributed by atoms with Gasteiger partial charge in [-0.3, -0.25) is 15.2 Å². The molecule has 1 amide bonds. The maximum absolute atomic E-state index is 12.7. The fourth-order valence-electron chi connectivity index (χ4n) is 3.97. The standard InChI is InChI=1S/C21H25ClN4O/c22-18-8-2-1-5-15(18)13-17-7-3-9-19(24-17)16-6-4-12-26(14-16)21(27)20-10-11-23-25-20/h1-3,5,7-9,16,20,23,25H,4,6,10-14H2. The molecule has 2 N–H and O–H groups in total. The van der Waals surface area contributed by atoms with Gasteiger partial charge < -0.3 is 4.90 Å². The van der Waals surface area contributed by atoms with E-state index in [1.807, 2.05) is 35.2 Å². The van der Waals surface area contributed by atoms with Gasteiger partial charge in [0.2, 0.25) is 5.91 Å². The molecule has 6 heteroatoms. The van der Waals surface area contributed by atoms with E-state index in [9.17, 15) is 4.79 Å². The van der Waals surface area contributed by atoms with Crippen LogP contribution in [-0.2, 0) is 11.2 Å². The molecule has 2 atom stereocenters. The minimum atomic E-state index is -0.0942. The number of nitrogens with one attached hydrogen (secondary N) is 2. The van der Waals surface area contributed by atoms with Crippen LogP contribution in [0.3, 0.4) is 0 Å². The van der Waals surface area contributed by atoms with Crippen molar-refractivity contribution in [3.63, 3.8) is 0 Å². The van der Waals surface area contributed by atoms with Crippen molar-refractivity contribution < 1.29 is 4.79 Å². The fourth-order valence-corrected chi connectivity index (χ4v) is 4.17. The second kappa shape index (κ2) is 8.38. The summed E-state index contributed by atoms with van der Waals surface area (Å²) >= 11 is 6.30. The predicted octanol–water partition coefficient (Wildman–Crippen LogP) is 2.90. The maximum Gasteiger partial charge on any atom is 0.241 e. The number of hydrazine groups is 1. The van der Waals surface area contributed by atoms with Gasteiger partial charge in [-0.05, 0) is 43.0 Å². The zero-order valence-electron chi connectivity index (χ0n) is 15.3. The Morgan fingerprint density at radius 1 is 1.19 bits per heavy atom. The van der Waals surface area contributed by atoms with Gasteiger partial charge in [-0.25, -0.2) is 5.43 Å². The van der Waals surface area contributed by atoms with Gasteiger partial charge in [-0.2, -0.15) is 0 Å². The van der Waals surface area contributed by atoms with E-state index in [-0.39, 0.29) is 11.9 Å².